The fourth-order valence-electron chi connectivity index (χ4n) is 1.68. The van der Waals surface area contributed by atoms with Crippen LogP contribution in [-0.4, -0.2) is 15.3 Å². The zero-order chi connectivity index (χ0) is 14.7. The van der Waals surface area contributed by atoms with Crippen molar-refractivity contribution in [1.82, 2.24) is 10.2 Å². The van der Waals surface area contributed by atoms with Crippen molar-refractivity contribution in [2.75, 3.05) is 0 Å². The van der Waals surface area contributed by atoms with Crippen LogP contribution in [0.1, 0.15) is 11.5 Å². The van der Waals surface area contributed by atoms with Gasteiger partial charge in [-0.1, -0.05) is 12.1 Å². The summed E-state index contributed by atoms with van der Waals surface area (Å²) in [5.41, 5.74) is 0.905. The fraction of sp³-hybridized carbons (Fsp3) is 0.143. The zero-order valence-corrected chi connectivity index (χ0v) is 14.0. The molecule has 0 aliphatic rings. The molecule has 4 nitrogen and oxygen atoms in total. The summed E-state index contributed by atoms with van der Waals surface area (Å²) in [5, 5.41) is 17.1. The maximum Gasteiger partial charge on any atom is 0.257 e. The molecular formula is C14H11BrN2O2S2. The van der Waals surface area contributed by atoms with E-state index in [9.17, 15) is 0 Å². The van der Waals surface area contributed by atoms with Crippen LogP contribution in [-0.2, 0) is 12.4 Å². The molecular weight excluding hydrogens is 372 g/mol. The lowest BCUT2D eigenvalue weighted by Gasteiger charge is -2.00. The standard InChI is InChI=1S/C14H11BrN2O2S2/c15-12-6-5-11(21-12)14-17-16-13(19-14)8-20-10-3-1-9(7-18)2-4-10/h1-6,18H,7-8H2. The second-order valence-electron chi connectivity index (χ2n) is 4.20. The summed E-state index contributed by atoms with van der Waals surface area (Å²) in [6.45, 7) is 0.0638. The number of hydrogen-bond donors (Lipinski definition) is 1. The first-order valence-corrected chi connectivity index (χ1v) is 8.75. The van der Waals surface area contributed by atoms with E-state index in [1.165, 1.54) is 0 Å². The molecule has 21 heavy (non-hydrogen) atoms. The molecule has 0 fully saturated rings. The van der Waals surface area contributed by atoms with Crippen LogP contribution in [0, 0.1) is 0 Å². The van der Waals surface area contributed by atoms with Gasteiger partial charge >= 0.3 is 0 Å². The van der Waals surface area contributed by atoms with Crippen molar-refractivity contribution in [3.8, 4) is 10.8 Å². The number of thioether (sulfide) groups is 1. The zero-order valence-electron chi connectivity index (χ0n) is 10.8. The van der Waals surface area contributed by atoms with Gasteiger partial charge in [-0.25, -0.2) is 0 Å². The minimum absolute atomic E-state index is 0.0638. The molecule has 0 saturated heterocycles. The quantitative estimate of drug-likeness (QED) is 0.664. The molecule has 0 atom stereocenters. The molecule has 108 valence electrons. The molecule has 2 aromatic heterocycles. The Labute approximate surface area is 138 Å². The molecule has 0 spiro atoms. The minimum Gasteiger partial charge on any atom is -0.419 e. The first-order valence-electron chi connectivity index (χ1n) is 6.15. The summed E-state index contributed by atoms with van der Waals surface area (Å²) in [6.07, 6.45) is 0. The number of hydrogen-bond acceptors (Lipinski definition) is 6. The molecule has 1 aromatic carbocycles. The van der Waals surface area contributed by atoms with Gasteiger partial charge in [0.05, 0.1) is 21.0 Å². The van der Waals surface area contributed by atoms with E-state index in [4.69, 9.17) is 9.52 Å². The lowest BCUT2D eigenvalue weighted by molar-refractivity contribution is 0.282. The van der Waals surface area contributed by atoms with E-state index in [2.05, 4.69) is 26.1 Å². The topological polar surface area (TPSA) is 59.2 Å². The van der Waals surface area contributed by atoms with Gasteiger partial charge in [-0.15, -0.1) is 33.3 Å². The van der Waals surface area contributed by atoms with Crippen molar-refractivity contribution >= 4 is 39.0 Å². The predicted octanol–water partition coefficient (Wildman–Crippen LogP) is 4.35. The first kappa shape index (κ1) is 14.8. The maximum atomic E-state index is 9.01. The summed E-state index contributed by atoms with van der Waals surface area (Å²) in [6, 6.07) is 11.7. The highest BCUT2D eigenvalue weighted by Gasteiger charge is 2.10. The van der Waals surface area contributed by atoms with Crippen molar-refractivity contribution in [3.63, 3.8) is 0 Å². The Bertz CT molecular complexity index is 725. The van der Waals surface area contributed by atoms with Crippen LogP contribution in [0.4, 0.5) is 0 Å². The lowest BCUT2D eigenvalue weighted by atomic mass is 10.2. The van der Waals surface area contributed by atoms with Crippen LogP contribution in [0.25, 0.3) is 10.8 Å². The molecule has 3 aromatic rings. The van der Waals surface area contributed by atoms with E-state index >= 15 is 0 Å². The van der Waals surface area contributed by atoms with Crippen molar-refractivity contribution in [2.45, 2.75) is 17.3 Å². The third-order valence-corrected chi connectivity index (χ3v) is 5.33. The molecule has 3 rings (SSSR count). The van der Waals surface area contributed by atoms with Crippen LogP contribution in [0.3, 0.4) is 0 Å². The van der Waals surface area contributed by atoms with E-state index in [0.29, 0.717) is 17.5 Å². The summed E-state index contributed by atoms with van der Waals surface area (Å²) < 4.78 is 6.69. The molecule has 2 heterocycles. The second-order valence-corrected chi connectivity index (χ2v) is 7.71. The van der Waals surface area contributed by atoms with Gasteiger partial charge < -0.3 is 9.52 Å². The van der Waals surface area contributed by atoms with Crippen LogP contribution < -0.4 is 0 Å². The van der Waals surface area contributed by atoms with E-state index < -0.39 is 0 Å². The number of nitrogens with zero attached hydrogens (tertiary/aromatic N) is 2. The molecule has 0 aliphatic carbocycles. The predicted molar refractivity (Wildman–Crippen MR) is 87.2 cm³/mol. The Morgan fingerprint density at radius 3 is 2.62 bits per heavy atom. The third kappa shape index (κ3) is 3.74. The number of halogens is 1. The summed E-state index contributed by atoms with van der Waals surface area (Å²) >= 11 is 6.60. The van der Waals surface area contributed by atoms with E-state index in [-0.39, 0.29) is 6.61 Å². The summed E-state index contributed by atoms with van der Waals surface area (Å²) in [4.78, 5) is 2.06. The highest BCUT2D eigenvalue weighted by Crippen LogP contribution is 2.31. The van der Waals surface area contributed by atoms with Gasteiger partial charge in [0.25, 0.3) is 5.89 Å². The number of benzene rings is 1. The summed E-state index contributed by atoms with van der Waals surface area (Å²) in [7, 11) is 0. The van der Waals surface area contributed by atoms with E-state index in [1.807, 2.05) is 36.4 Å². The number of aromatic nitrogens is 2. The molecule has 0 aliphatic heterocycles. The van der Waals surface area contributed by atoms with E-state index in [0.717, 1.165) is 19.1 Å². The SMILES string of the molecule is OCc1ccc(SCc2nnc(-c3ccc(Br)s3)o2)cc1. The average Bonchev–Trinajstić information content (AvgIpc) is 3.14. The second kappa shape index (κ2) is 6.74. The maximum absolute atomic E-state index is 9.01. The van der Waals surface area contributed by atoms with Gasteiger partial charge in [0.1, 0.15) is 0 Å². The lowest BCUT2D eigenvalue weighted by Crippen LogP contribution is -1.83. The number of thiophene rings is 1. The number of rotatable bonds is 5. The fourth-order valence-corrected chi connectivity index (χ4v) is 3.72. The van der Waals surface area contributed by atoms with Gasteiger partial charge in [-0.05, 0) is 45.8 Å². The first-order chi connectivity index (χ1) is 10.2. The smallest absolute Gasteiger partial charge is 0.257 e. The highest BCUT2D eigenvalue weighted by molar-refractivity contribution is 9.11. The molecule has 0 saturated carbocycles. The van der Waals surface area contributed by atoms with Crippen molar-refractivity contribution in [1.29, 1.82) is 0 Å². The molecule has 1 N–H and O–H groups in total. The Balaban J connectivity index is 1.64. The monoisotopic (exact) mass is 382 g/mol. The van der Waals surface area contributed by atoms with Crippen molar-refractivity contribution < 1.29 is 9.52 Å². The third-order valence-electron chi connectivity index (χ3n) is 2.72. The molecule has 0 unspecified atom stereocenters. The van der Waals surface area contributed by atoms with Gasteiger partial charge in [-0.2, -0.15) is 0 Å². The largest absolute Gasteiger partial charge is 0.419 e. The van der Waals surface area contributed by atoms with Crippen LogP contribution >= 0.6 is 39.0 Å². The van der Waals surface area contributed by atoms with Crippen LogP contribution in [0.5, 0.6) is 0 Å². The Hall–Kier alpha value is -1.15. The molecule has 7 heteroatoms. The number of aliphatic hydroxyl groups is 1. The molecule has 0 amide bonds. The van der Waals surface area contributed by atoms with Gasteiger partial charge in [0.2, 0.25) is 5.89 Å². The molecule has 0 radical (unpaired) electrons. The van der Waals surface area contributed by atoms with Gasteiger partial charge in [0, 0.05) is 4.90 Å². The minimum atomic E-state index is 0.0638. The van der Waals surface area contributed by atoms with Crippen molar-refractivity contribution in [2.24, 2.45) is 0 Å². The Kier molecular flexibility index (Phi) is 4.74. The molecule has 0 bridgehead atoms. The normalized spacial score (nSPS) is 11.0. The van der Waals surface area contributed by atoms with Crippen LogP contribution in [0.15, 0.2) is 49.5 Å². The van der Waals surface area contributed by atoms with Crippen molar-refractivity contribution in [3.05, 3.63) is 51.6 Å². The van der Waals surface area contributed by atoms with Gasteiger partial charge in [0.15, 0.2) is 0 Å². The van der Waals surface area contributed by atoms with E-state index in [1.54, 1.807) is 23.1 Å². The van der Waals surface area contributed by atoms with Gasteiger partial charge in [-0.3, -0.25) is 0 Å². The Morgan fingerprint density at radius 1 is 1.14 bits per heavy atom. The number of aliphatic hydroxyl groups excluding tert-OH is 1. The van der Waals surface area contributed by atoms with Crippen LogP contribution in [0.2, 0.25) is 0 Å². The highest BCUT2D eigenvalue weighted by atomic mass is 79.9. The average molecular weight is 383 g/mol. The summed E-state index contributed by atoms with van der Waals surface area (Å²) in [5.74, 6) is 1.78. The Morgan fingerprint density at radius 2 is 1.95 bits per heavy atom.